The lowest BCUT2D eigenvalue weighted by Gasteiger charge is -2.38. The Bertz CT molecular complexity index is 859. The Morgan fingerprint density at radius 3 is 2.69 bits per heavy atom. The van der Waals surface area contributed by atoms with Crippen LogP contribution in [0.25, 0.3) is 0 Å². The molecule has 0 bridgehead atoms. The van der Waals surface area contributed by atoms with Gasteiger partial charge in [-0.15, -0.1) is 0 Å². The van der Waals surface area contributed by atoms with Crippen molar-refractivity contribution in [1.29, 1.82) is 0 Å². The Balaban J connectivity index is 1.81. The molecule has 0 atom stereocenters. The fraction of sp³-hybridized carbons (Fsp3) is 0.300. The van der Waals surface area contributed by atoms with Gasteiger partial charge in [-0.05, 0) is 56.7 Å². The highest BCUT2D eigenvalue weighted by molar-refractivity contribution is 6.03. The first-order chi connectivity index (χ1) is 12.3. The number of anilines is 1. The van der Waals surface area contributed by atoms with E-state index in [1.54, 1.807) is 24.8 Å². The summed E-state index contributed by atoms with van der Waals surface area (Å²) in [6.07, 6.45) is 0. The molecule has 6 heteroatoms. The zero-order valence-corrected chi connectivity index (χ0v) is 15.0. The second-order valence-electron chi connectivity index (χ2n) is 6.72. The minimum Gasteiger partial charge on any atom is -0.492 e. The quantitative estimate of drug-likeness (QED) is 0.891. The number of amides is 1. The molecule has 1 aliphatic rings. The first kappa shape index (κ1) is 17.8. The van der Waals surface area contributed by atoms with E-state index in [-0.39, 0.29) is 11.5 Å². The maximum Gasteiger partial charge on any atom is 0.335 e. The predicted molar refractivity (Wildman–Crippen MR) is 97.1 cm³/mol. The number of carbonyl (C=O) groups excluding carboxylic acids is 1. The third-order valence-electron chi connectivity index (χ3n) is 4.20. The van der Waals surface area contributed by atoms with Crippen LogP contribution in [0.2, 0.25) is 0 Å². The molecule has 0 radical (unpaired) electrons. The van der Waals surface area contributed by atoms with Gasteiger partial charge < -0.3 is 19.5 Å². The van der Waals surface area contributed by atoms with Gasteiger partial charge in [0.1, 0.15) is 18.1 Å². The highest BCUT2D eigenvalue weighted by atomic mass is 16.5. The average molecular weight is 355 g/mol. The molecule has 0 aromatic heterocycles. The van der Waals surface area contributed by atoms with Crippen molar-refractivity contribution in [2.75, 3.05) is 18.1 Å². The molecule has 0 aliphatic carbocycles. The topological polar surface area (TPSA) is 76.1 Å². The largest absolute Gasteiger partial charge is 0.492 e. The molecule has 0 fully saturated rings. The summed E-state index contributed by atoms with van der Waals surface area (Å²) in [7, 11) is 0. The normalized spacial score (nSPS) is 15.2. The third kappa shape index (κ3) is 3.49. The van der Waals surface area contributed by atoms with Crippen LogP contribution in [-0.4, -0.2) is 35.7 Å². The van der Waals surface area contributed by atoms with Gasteiger partial charge in [0.25, 0.3) is 5.91 Å². The van der Waals surface area contributed by atoms with Crippen LogP contribution in [0.3, 0.4) is 0 Å². The molecule has 6 nitrogen and oxygen atoms in total. The molecule has 0 spiro atoms. The van der Waals surface area contributed by atoms with Crippen LogP contribution in [0, 0.1) is 6.92 Å². The Hall–Kier alpha value is -3.02. The molecule has 0 unspecified atom stereocenters. The Morgan fingerprint density at radius 2 is 2.00 bits per heavy atom. The second-order valence-corrected chi connectivity index (χ2v) is 6.72. The van der Waals surface area contributed by atoms with Crippen molar-refractivity contribution < 1.29 is 24.2 Å². The molecular formula is C20H21NO5. The molecular weight excluding hydrogens is 334 g/mol. The summed E-state index contributed by atoms with van der Waals surface area (Å²) in [5.41, 5.74) is 0.683. The minimum atomic E-state index is -1.08. The summed E-state index contributed by atoms with van der Waals surface area (Å²) in [4.78, 5) is 25.5. The molecule has 0 saturated carbocycles. The molecule has 2 aromatic carbocycles. The monoisotopic (exact) mass is 355 g/mol. The van der Waals surface area contributed by atoms with Gasteiger partial charge in [0.2, 0.25) is 0 Å². The number of carboxylic acids is 1. The van der Waals surface area contributed by atoms with Crippen LogP contribution >= 0.6 is 0 Å². The maximum absolute atomic E-state index is 12.8. The van der Waals surface area contributed by atoms with Crippen LogP contribution in [0.5, 0.6) is 11.5 Å². The van der Waals surface area contributed by atoms with E-state index in [0.29, 0.717) is 24.6 Å². The van der Waals surface area contributed by atoms with Crippen molar-refractivity contribution in [3.8, 4) is 11.5 Å². The summed E-state index contributed by atoms with van der Waals surface area (Å²) < 4.78 is 11.5. The van der Waals surface area contributed by atoms with Gasteiger partial charge in [0, 0.05) is 0 Å². The predicted octanol–water partition coefficient (Wildman–Crippen LogP) is 3.28. The van der Waals surface area contributed by atoms with Crippen LogP contribution in [0.15, 0.2) is 42.5 Å². The highest BCUT2D eigenvalue weighted by Gasteiger charge is 2.41. The molecule has 1 amide bonds. The number of aromatic carboxylic acids is 1. The van der Waals surface area contributed by atoms with Gasteiger partial charge in [-0.2, -0.15) is 0 Å². The molecule has 136 valence electrons. The summed E-state index contributed by atoms with van der Waals surface area (Å²) in [5, 5.41) is 9.17. The standard InChI is InChI=1S/C20H21NO5/c1-13-5-4-6-15(11-13)25-10-9-21-16-8-7-14(18(22)23)12-17(16)26-20(2,3)19(21)24/h4-8,11-12H,9-10H2,1-3H3,(H,22,23). The van der Waals surface area contributed by atoms with E-state index < -0.39 is 11.6 Å². The van der Waals surface area contributed by atoms with Gasteiger partial charge in [-0.1, -0.05) is 12.1 Å². The molecule has 2 aromatic rings. The number of hydrogen-bond acceptors (Lipinski definition) is 4. The SMILES string of the molecule is Cc1cccc(OCCN2C(=O)C(C)(C)Oc3cc(C(=O)O)ccc32)c1. The van der Waals surface area contributed by atoms with E-state index in [2.05, 4.69) is 0 Å². The second kappa shape index (κ2) is 6.71. The molecule has 0 saturated heterocycles. The van der Waals surface area contributed by atoms with Gasteiger partial charge >= 0.3 is 5.97 Å². The van der Waals surface area contributed by atoms with Crippen molar-refractivity contribution >= 4 is 17.6 Å². The number of rotatable bonds is 5. The highest BCUT2D eigenvalue weighted by Crippen LogP contribution is 2.38. The van der Waals surface area contributed by atoms with Gasteiger partial charge in [-0.25, -0.2) is 4.79 Å². The van der Waals surface area contributed by atoms with E-state index in [4.69, 9.17) is 14.6 Å². The summed E-state index contributed by atoms with van der Waals surface area (Å²) in [6.45, 7) is 5.96. The molecule has 3 rings (SSSR count). The lowest BCUT2D eigenvalue weighted by Crippen LogP contribution is -2.53. The number of ether oxygens (including phenoxy) is 2. The van der Waals surface area contributed by atoms with E-state index in [0.717, 1.165) is 11.3 Å². The van der Waals surface area contributed by atoms with Crippen molar-refractivity contribution in [2.45, 2.75) is 26.4 Å². The summed E-state index contributed by atoms with van der Waals surface area (Å²) in [5.74, 6) is -0.113. The number of carbonyl (C=O) groups is 2. The first-order valence-electron chi connectivity index (χ1n) is 8.36. The first-order valence-corrected chi connectivity index (χ1v) is 8.36. The number of aryl methyl sites for hydroxylation is 1. The van der Waals surface area contributed by atoms with Gasteiger partial charge in [0.05, 0.1) is 17.8 Å². The van der Waals surface area contributed by atoms with Crippen LogP contribution in [-0.2, 0) is 4.79 Å². The van der Waals surface area contributed by atoms with Crippen molar-refractivity contribution in [3.63, 3.8) is 0 Å². The fourth-order valence-corrected chi connectivity index (χ4v) is 2.89. The number of fused-ring (bicyclic) bond motifs is 1. The third-order valence-corrected chi connectivity index (χ3v) is 4.20. The maximum atomic E-state index is 12.8. The zero-order valence-electron chi connectivity index (χ0n) is 15.0. The van der Waals surface area contributed by atoms with Crippen LogP contribution in [0.4, 0.5) is 5.69 Å². The lowest BCUT2D eigenvalue weighted by molar-refractivity contribution is -0.132. The van der Waals surface area contributed by atoms with Crippen LogP contribution in [0.1, 0.15) is 29.8 Å². The van der Waals surface area contributed by atoms with Crippen molar-refractivity contribution in [1.82, 2.24) is 0 Å². The van der Waals surface area contributed by atoms with E-state index >= 15 is 0 Å². The summed E-state index contributed by atoms with van der Waals surface area (Å²) in [6, 6.07) is 12.2. The molecule has 26 heavy (non-hydrogen) atoms. The van der Waals surface area contributed by atoms with E-state index in [9.17, 15) is 9.59 Å². The zero-order chi connectivity index (χ0) is 18.9. The van der Waals surface area contributed by atoms with Crippen molar-refractivity contribution in [3.05, 3.63) is 53.6 Å². The average Bonchev–Trinajstić information content (AvgIpc) is 2.57. The number of hydrogen-bond donors (Lipinski definition) is 1. The molecule has 1 heterocycles. The van der Waals surface area contributed by atoms with E-state index in [1.165, 1.54) is 12.1 Å². The number of benzene rings is 2. The van der Waals surface area contributed by atoms with Crippen LogP contribution < -0.4 is 14.4 Å². The fourth-order valence-electron chi connectivity index (χ4n) is 2.89. The Labute approximate surface area is 152 Å². The Kier molecular flexibility index (Phi) is 4.59. The number of nitrogens with zero attached hydrogens (tertiary/aromatic N) is 1. The molecule has 1 N–H and O–H groups in total. The summed E-state index contributed by atoms with van der Waals surface area (Å²) >= 11 is 0. The minimum absolute atomic E-state index is 0.116. The Morgan fingerprint density at radius 1 is 1.23 bits per heavy atom. The van der Waals surface area contributed by atoms with Gasteiger partial charge in [-0.3, -0.25) is 4.79 Å². The van der Waals surface area contributed by atoms with Crippen molar-refractivity contribution in [2.24, 2.45) is 0 Å². The van der Waals surface area contributed by atoms with Gasteiger partial charge in [0.15, 0.2) is 5.60 Å². The number of carboxylic acid groups (broad SMARTS) is 1. The molecule has 1 aliphatic heterocycles. The smallest absolute Gasteiger partial charge is 0.335 e. The van der Waals surface area contributed by atoms with E-state index in [1.807, 2.05) is 31.2 Å². The lowest BCUT2D eigenvalue weighted by atomic mass is 10.0.